The Morgan fingerprint density at radius 2 is 0.796 bits per heavy atom. The smallest absolute Gasteiger partial charge is 1.00 e. The zero-order valence-electron chi connectivity index (χ0n) is 82.0. The summed E-state index contributed by atoms with van der Waals surface area (Å²) in [5, 5.41) is 32.2. The van der Waals surface area contributed by atoms with Crippen LogP contribution in [0.4, 0.5) is 87.2 Å². The average molecular weight is 2430 g/mol. The standard InChI is InChI=1S/C34H36BrF4N5O4S.C34H37F4N5O4S.C25H27F4N5O2S.CH2O3.2CH2O2.CH4.2Cs.H/c1-43(2)30-15-22(21-6-5-7-24(14-21)34(37,38)39)9-11-28(30)42-29-18-27(36)32(17-26(29)35)49(45,46)44(33-12-13-40-20-41-33)19-23-8-10-25(47-3)16-31(23)48-4;1-42(2)30-17-23(22-6-5-7-25(16-22)34(36,37)38)9-12-29(30)41-26-10-13-32(28(35)18-26)48(44,45)43(33-14-15-39-21-40-33)20-24-8-11-27(46-3)19-31(24)47-4;1-34(2)22-13-17(16-4-3-5-18(12-16)25(27,28)29)6-8-21(22)32-19-7-9-23(20(26)14-19)37(35,36)33-24-10-11-30-15-31-24;2-1-4-3;2*2-1-3;;;;/h5-8,10,12-14,16-18,20,22,28,30,42H,9,11,15,19H2,1-4H3;5-8,10-11,13-16,18-19,21,23,29-30,41H,9,12,17,20H2,1-4H3;3-5,7,9-12,14-15,17,21-22,32H,6,8,13H2,1-2H3,(H,30,31,33);1,3H;2*1H,(H,2,3);1H4;;;/q;;;;;;;2*+1;-1/p-1/t22-,28-,30-;23-,29-,30-;17-,21-,22-;;;;;;;/m000......./s1. The molecular weight excluding hydrogens is 2320 g/mol. The predicted octanol–water partition coefficient (Wildman–Crippen LogP) is 11.9. The number of sulfonamides is 3. The van der Waals surface area contributed by atoms with Gasteiger partial charge in [-0.05, 0) is 248 Å². The monoisotopic (exact) mass is 2430 g/mol. The molecule has 0 spiro atoms. The summed E-state index contributed by atoms with van der Waals surface area (Å²) in [7, 11) is 4.02. The molecule has 3 aliphatic rings. The normalized spacial score (nSPS) is 17.6. The Morgan fingerprint density at radius 3 is 1.12 bits per heavy atom. The van der Waals surface area contributed by atoms with Crippen molar-refractivity contribution in [2.45, 2.75) is 166 Å². The largest absolute Gasteiger partial charge is 1.00 e. The third-order valence-electron chi connectivity index (χ3n) is 24.0. The van der Waals surface area contributed by atoms with Gasteiger partial charge in [0, 0.05) is 106 Å². The molecule has 0 aliphatic heterocycles. The van der Waals surface area contributed by atoms with E-state index in [2.05, 4.69) is 71.4 Å². The summed E-state index contributed by atoms with van der Waals surface area (Å²) in [6.45, 7) is -1.13. The van der Waals surface area contributed by atoms with Crippen LogP contribution in [0.3, 0.4) is 0 Å². The second-order valence-electron chi connectivity index (χ2n) is 33.4. The fraction of sp³-hybridized carbons (Fsp3) is 0.351. The fourth-order valence-corrected chi connectivity index (χ4v) is 21.6. The van der Waals surface area contributed by atoms with E-state index >= 15 is 8.78 Å². The summed E-state index contributed by atoms with van der Waals surface area (Å²) < 4.78 is 274. The zero-order valence-corrected chi connectivity index (χ0v) is 97.6. The molecule has 147 heavy (non-hydrogen) atoms. The molecule has 6 N–H and O–H groups in total. The van der Waals surface area contributed by atoms with Crippen molar-refractivity contribution in [2.24, 2.45) is 0 Å². The minimum Gasteiger partial charge on any atom is -1.00 e. The molecule has 32 nitrogen and oxygen atoms in total. The van der Waals surface area contributed by atoms with Crippen molar-refractivity contribution in [3.05, 3.63) is 280 Å². The van der Waals surface area contributed by atoms with Crippen LogP contribution in [-0.2, 0) is 81.0 Å². The molecule has 0 radical (unpaired) electrons. The number of anilines is 6. The van der Waals surface area contributed by atoms with Gasteiger partial charge >= 0.3 is 156 Å². The van der Waals surface area contributed by atoms with Gasteiger partial charge in [-0.2, -0.15) is 39.5 Å². The van der Waals surface area contributed by atoms with Gasteiger partial charge in [-0.25, -0.2) is 76.9 Å². The number of hydrogen-bond acceptors (Lipinski definition) is 27. The van der Waals surface area contributed by atoms with Gasteiger partial charge in [-0.15, -0.1) is 0 Å². The number of likely N-dealkylation sites (N-methyl/N-ethyl adjacent to an activating group) is 3. The molecule has 9 atom stereocenters. The van der Waals surface area contributed by atoms with E-state index in [0.717, 1.165) is 45.0 Å². The van der Waals surface area contributed by atoms with E-state index in [1.54, 1.807) is 54.6 Å². The third kappa shape index (κ3) is 35.2. The van der Waals surface area contributed by atoms with Gasteiger partial charge in [0.1, 0.15) is 91.6 Å². The quantitative estimate of drug-likeness (QED) is 0.0105. The third-order valence-corrected chi connectivity index (χ3v) is 29.6. The Labute approximate surface area is 971 Å². The van der Waals surface area contributed by atoms with Crippen LogP contribution in [0.5, 0.6) is 23.0 Å². The van der Waals surface area contributed by atoms with Crippen LogP contribution < -0.4 is 191 Å². The minimum atomic E-state index is -4.54. The van der Waals surface area contributed by atoms with Gasteiger partial charge in [0.2, 0.25) is 0 Å². The van der Waals surface area contributed by atoms with E-state index in [1.807, 2.05) is 57.0 Å². The molecule has 3 aromatic heterocycles. The molecule has 8 aromatic carbocycles. The first-order valence-electron chi connectivity index (χ1n) is 43.8. The number of nitrogens with one attached hydrogen (secondary N) is 4. The van der Waals surface area contributed by atoms with Gasteiger partial charge in [0.15, 0.2) is 0 Å². The maximum Gasteiger partial charge on any atom is 1.00 e. The molecule has 0 unspecified atom stereocenters. The average Bonchev–Trinajstić information content (AvgIpc) is 0.755. The van der Waals surface area contributed by atoms with E-state index in [9.17, 15) is 69.2 Å². The van der Waals surface area contributed by atoms with Gasteiger partial charge < -0.3 is 71.4 Å². The van der Waals surface area contributed by atoms with Crippen molar-refractivity contribution in [1.29, 1.82) is 0 Å². The Hall–Kier alpha value is -9.16. The number of alkyl halides is 9. The molecule has 11 aromatic rings. The number of carbonyl (C=O) groups excluding carboxylic acids is 1. The number of rotatable bonds is 30. The number of carboxylic acid groups (broad SMARTS) is 2. The number of halogens is 13. The maximum absolute atomic E-state index is 16.0. The number of hydrogen-bond donors (Lipinski definition) is 6. The van der Waals surface area contributed by atoms with Crippen LogP contribution in [0, 0.1) is 17.5 Å². The Kier molecular flexibility index (Phi) is 50.3. The van der Waals surface area contributed by atoms with Crippen LogP contribution in [0.1, 0.15) is 129 Å². The predicted molar refractivity (Wildman–Crippen MR) is 521 cm³/mol. The Balaban J connectivity index is 0.000000371. The van der Waals surface area contributed by atoms with Crippen molar-refractivity contribution in [2.75, 3.05) is 100 Å². The summed E-state index contributed by atoms with van der Waals surface area (Å²) in [5.74, 6) is -1.25. The van der Waals surface area contributed by atoms with Crippen LogP contribution in [-0.4, -0.2) is 206 Å². The molecule has 3 saturated carbocycles. The second-order valence-corrected chi connectivity index (χ2v) is 39.6. The maximum atomic E-state index is 16.0. The van der Waals surface area contributed by atoms with Crippen molar-refractivity contribution in [3.63, 3.8) is 0 Å². The minimum absolute atomic E-state index is 0. The van der Waals surface area contributed by atoms with Crippen molar-refractivity contribution < 1.29 is 271 Å². The molecule has 0 saturated heterocycles. The van der Waals surface area contributed by atoms with Crippen LogP contribution in [0.15, 0.2) is 233 Å². The van der Waals surface area contributed by atoms with E-state index in [0.29, 0.717) is 130 Å². The van der Waals surface area contributed by atoms with Gasteiger partial charge in [0.05, 0.1) is 63.9 Å². The molecule has 786 valence electrons. The van der Waals surface area contributed by atoms with Crippen LogP contribution >= 0.6 is 15.9 Å². The van der Waals surface area contributed by atoms with Gasteiger partial charge in [-0.1, -0.05) is 62.0 Å². The van der Waals surface area contributed by atoms with Crippen molar-refractivity contribution >= 4 is 99.9 Å². The summed E-state index contributed by atoms with van der Waals surface area (Å²) in [6.07, 6.45) is -0.0454. The fourth-order valence-electron chi connectivity index (χ4n) is 17.0. The summed E-state index contributed by atoms with van der Waals surface area (Å²) >= 11 is 3.45. The first kappa shape index (κ1) is 127. The molecule has 14 rings (SSSR count). The molecule has 3 fully saturated rings. The van der Waals surface area contributed by atoms with E-state index in [1.165, 1.54) is 151 Å². The molecule has 3 aliphatic carbocycles. The molecule has 0 bridgehead atoms. The summed E-state index contributed by atoms with van der Waals surface area (Å²) in [4.78, 5) is 55.8. The van der Waals surface area contributed by atoms with Crippen LogP contribution in [0.25, 0.3) is 0 Å². The van der Waals surface area contributed by atoms with Gasteiger partial charge in [0.25, 0.3) is 49.5 Å². The zero-order chi connectivity index (χ0) is 106. The second kappa shape index (κ2) is 58.5. The number of nitrogens with zero attached hydrogens (tertiary/aromatic N) is 11. The summed E-state index contributed by atoms with van der Waals surface area (Å²) in [6, 6.07) is 39.7. The SMILES string of the molecule is C.CN(C)[C@H]1C[C@@H](c2cccc(C(F)(F)F)c2)CC[C@@H]1Nc1ccc(S(=O)(=O)Nc2ccncn2)c(F)c1.COc1ccc(CN(c2ccncn2)S(=O)(=O)c2cc(Br)c(N[C@H]3CC[C@H](c4cccc(C(F)(F)F)c4)C[C@@H]3N(C)C)cc2F)c(OC)c1.COc1ccc(CN(c2ccncn2)S(=O)(=O)c2ccc(N[C@H]3CC[C@H](c4cccc(C(F)(F)F)c4)C[C@@H]3N(C)C)cc2F)c(OC)c1.O=CO.O=CO.O=CO[O-].[Cs+].[Cs+].[H-]. The van der Waals surface area contributed by atoms with Gasteiger partial charge in [-0.3, -0.25) is 19.1 Å². The first-order chi connectivity index (χ1) is 68.2. The number of methoxy groups -OCH3 is 4. The van der Waals surface area contributed by atoms with E-state index < -0.39 is 97.4 Å². The molecule has 50 heteroatoms. The summed E-state index contributed by atoms with van der Waals surface area (Å²) in [5.41, 5.74) is 2.02. The molecule has 3 heterocycles. The number of ether oxygens (including phenoxy) is 4. The van der Waals surface area contributed by atoms with Crippen molar-refractivity contribution in [1.82, 2.24) is 44.6 Å². The van der Waals surface area contributed by atoms with E-state index in [-0.39, 0.29) is 251 Å². The number of carbonyl (C=O) groups is 3. The Morgan fingerprint density at radius 1 is 0.449 bits per heavy atom. The molecule has 0 amide bonds. The first-order valence-corrected chi connectivity index (χ1v) is 48.9. The Bertz CT molecular complexity index is 6460. The molecular formula is C97H110BrCs2F12N15O17S3. The van der Waals surface area contributed by atoms with E-state index in [4.69, 9.17) is 48.8 Å². The number of aromatic nitrogens is 6. The van der Waals surface area contributed by atoms with Crippen molar-refractivity contribution in [3.8, 4) is 23.0 Å². The van der Waals surface area contributed by atoms with Crippen LogP contribution in [0.2, 0.25) is 0 Å². The topological polar surface area (TPSA) is 405 Å². The number of benzene rings is 8.